The Labute approximate surface area is 144 Å². The molecule has 7 heteroatoms. The second-order valence-corrected chi connectivity index (χ2v) is 5.76. The number of Topliss-reactive ketones (excluding diaryl/α,β-unsaturated/α-hetero) is 1. The molecule has 24 heavy (non-hydrogen) atoms. The minimum absolute atomic E-state index is 0.170. The minimum atomic E-state index is -1.91. The SMILES string of the molecule is CN(O)C(=O)C(=O)CC(O)(c1ccccc1N)c1ccccc1Cl. The lowest BCUT2D eigenvalue weighted by Gasteiger charge is -2.30. The number of likely N-dealkylation sites (N-methyl/N-ethyl adjacent to an activating group) is 1. The number of rotatable bonds is 5. The first kappa shape index (κ1) is 17.9. The van der Waals surface area contributed by atoms with Crippen molar-refractivity contribution in [3.05, 3.63) is 64.7 Å². The molecule has 1 amide bonds. The Morgan fingerprint density at radius 3 is 2.21 bits per heavy atom. The van der Waals surface area contributed by atoms with Crippen molar-refractivity contribution in [3.63, 3.8) is 0 Å². The quantitative estimate of drug-likeness (QED) is 0.331. The molecule has 126 valence electrons. The van der Waals surface area contributed by atoms with Gasteiger partial charge in [0, 0.05) is 28.9 Å². The van der Waals surface area contributed by atoms with E-state index in [1.54, 1.807) is 48.5 Å². The zero-order valence-corrected chi connectivity index (χ0v) is 13.7. The van der Waals surface area contributed by atoms with Crippen molar-refractivity contribution in [1.29, 1.82) is 0 Å². The summed E-state index contributed by atoms with van der Waals surface area (Å²) in [5, 5.41) is 20.8. The summed E-state index contributed by atoms with van der Waals surface area (Å²) in [6, 6.07) is 12.9. The molecular weight excluding hydrogens is 332 g/mol. The van der Waals surface area contributed by atoms with Crippen LogP contribution in [0.2, 0.25) is 5.02 Å². The highest BCUT2D eigenvalue weighted by molar-refractivity contribution is 6.36. The topological polar surface area (TPSA) is 104 Å². The van der Waals surface area contributed by atoms with Crippen molar-refractivity contribution in [3.8, 4) is 0 Å². The molecule has 0 aliphatic rings. The lowest BCUT2D eigenvalue weighted by Crippen LogP contribution is -2.38. The summed E-state index contributed by atoms with van der Waals surface area (Å²) in [7, 11) is 1.03. The number of hydrogen-bond acceptors (Lipinski definition) is 5. The van der Waals surface area contributed by atoms with Crippen molar-refractivity contribution >= 4 is 29.0 Å². The van der Waals surface area contributed by atoms with Gasteiger partial charge >= 0.3 is 5.91 Å². The van der Waals surface area contributed by atoms with E-state index in [1.165, 1.54) is 0 Å². The van der Waals surface area contributed by atoms with E-state index in [1.807, 2.05) is 0 Å². The normalized spacial score (nSPS) is 13.2. The van der Waals surface area contributed by atoms with Crippen LogP contribution in [0.25, 0.3) is 0 Å². The summed E-state index contributed by atoms with van der Waals surface area (Å²) in [4.78, 5) is 23.9. The van der Waals surface area contributed by atoms with Gasteiger partial charge in [-0.15, -0.1) is 0 Å². The van der Waals surface area contributed by atoms with Crippen LogP contribution >= 0.6 is 11.6 Å². The largest absolute Gasteiger partial charge is 0.398 e. The molecule has 2 rings (SSSR count). The van der Waals surface area contributed by atoms with Crippen LogP contribution in [0.15, 0.2) is 48.5 Å². The molecule has 6 nitrogen and oxygen atoms in total. The van der Waals surface area contributed by atoms with E-state index in [0.29, 0.717) is 0 Å². The van der Waals surface area contributed by atoms with E-state index in [0.717, 1.165) is 7.05 Å². The number of para-hydroxylation sites is 1. The molecular formula is C17H17ClN2O4. The van der Waals surface area contributed by atoms with Gasteiger partial charge in [0.2, 0.25) is 5.78 Å². The molecule has 0 aliphatic carbocycles. The zero-order chi connectivity index (χ0) is 17.9. The highest BCUT2D eigenvalue weighted by Crippen LogP contribution is 2.39. The highest BCUT2D eigenvalue weighted by Gasteiger charge is 2.39. The van der Waals surface area contributed by atoms with Crippen LogP contribution < -0.4 is 5.73 Å². The summed E-state index contributed by atoms with van der Waals surface area (Å²) in [5.74, 6) is -2.12. The molecule has 0 spiro atoms. The maximum Gasteiger partial charge on any atom is 0.313 e. The fourth-order valence-corrected chi connectivity index (χ4v) is 2.79. The van der Waals surface area contributed by atoms with Gasteiger partial charge in [0.15, 0.2) is 0 Å². The Bertz CT molecular complexity index is 731. The zero-order valence-electron chi connectivity index (χ0n) is 12.9. The van der Waals surface area contributed by atoms with Gasteiger partial charge < -0.3 is 10.8 Å². The molecule has 1 unspecified atom stereocenters. The molecule has 2 aromatic rings. The van der Waals surface area contributed by atoms with Gasteiger partial charge in [-0.2, -0.15) is 0 Å². The molecule has 0 aromatic heterocycles. The Balaban J connectivity index is 2.59. The molecule has 0 aliphatic heterocycles. The number of hydrogen-bond donors (Lipinski definition) is 3. The summed E-state index contributed by atoms with van der Waals surface area (Å²) >= 11 is 6.18. The van der Waals surface area contributed by atoms with E-state index in [4.69, 9.17) is 22.5 Å². The van der Waals surface area contributed by atoms with E-state index in [2.05, 4.69) is 0 Å². The lowest BCUT2D eigenvalue weighted by atomic mass is 9.81. The average molecular weight is 349 g/mol. The van der Waals surface area contributed by atoms with Crippen molar-refractivity contribution < 1.29 is 19.9 Å². The molecule has 0 saturated carbocycles. The van der Waals surface area contributed by atoms with Gasteiger partial charge in [-0.25, -0.2) is 5.06 Å². The smallest absolute Gasteiger partial charge is 0.313 e. The third-order valence-electron chi connectivity index (χ3n) is 3.67. The number of nitrogen functional groups attached to an aromatic ring is 1. The molecule has 0 saturated heterocycles. The number of carbonyl (C=O) groups excluding carboxylic acids is 2. The van der Waals surface area contributed by atoms with E-state index in [9.17, 15) is 14.7 Å². The number of halogens is 1. The molecule has 4 N–H and O–H groups in total. The van der Waals surface area contributed by atoms with Gasteiger partial charge in [-0.1, -0.05) is 48.0 Å². The molecule has 0 fully saturated rings. The number of hydroxylamine groups is 2. The Morgan fingerprint density at radius 2 is 1.67 bits per heavy atom. The summed E-state index contributed by atoms with van der Waals surface area (Å²) < 4.78 is 0. The van der Waals surface area contributed by atoms with Crippen LogP contribution in [-0.2, 0) is 15.2 Å². The van der Waals surface area contributed by atoms with Crippen LogP contribution in [0.1, 0.15) is 17.5 Å². The molecule has 0 radical (unpaired) electrons. The Morgan fingerprint density at radius 1 is 1.12 bits per heavy atom. The first-order valence-corrected chi connectivity index (χ1v) is 7.47. The standard InChI is InChI=1S/C17H17ClN2O4/c1-20(24)16(22)15(21)10-17(23,11-6-2-4-8-13(11)18)12-7-3-5-9-14(12)19/h2-9,23-24H,10,19H2,1H3. The van der Waals surface area contributed by atoms with Gasteiger partial charge in [0.25, 0.3) is 0 Å². The summed E-state index contributed by atoms with van der Waals surface area (Å²) in [6.07, 6.45) is -0.616. The average Bonchev–Trinajstić information content (AvgIpc) is 2.54. The van der Waals surface area contributed by atoms with Gasteiger partial charge in [-0.05, 0) is 12.1 Å². The first-order chi connectivity index (χ1) is 11.3. The van der Waals surface area contributed by atoms with Crippen LogP contribution in [0.3, 0.4) is 0 Å². The third-order valence-corrected chi connectivity index (χ3v) is 4.00. The van der Waals surface area contributed by atoms with Gasteiger partial charge in [0.05, 0.1) is 6.42 Å². The van der Waals surface area contributed by atoms with Crippen LogP contribution in [0.5, 0.6) is 0 Å². The van der Waals surface area contributed by atoms with Crippen LogP contribution in [0, 0.1) is 0 Å². The van der Waals surface area contributed by atoms with E-state index < -0.39 is 23.7 Å². The van der Waals surface area contributed by atoms with Crippen molar-refractivity contribution in [2.24, 2.45) is 0 Å². The molecule has 1 atom stereocenters. The van der Waals surface area contributed by atoms with Crippen molar-refractivity contribution in [2.75, 3.05) is 12.8 Å². The number of benzene rings is 2. The van der Waals surface area contributed by atoms with Gasteiger partial charge in [0.1, 0.15) is 5.60 Å². The number of nitrogens with zero attached hydrogens (tertiary/aromatic N) is 1. The fraction of sp³-hybridized carbons (Fsp3) is 0.176. The third kappa shape index (κ3) is 3.41. The number of anilines is 1. The maximum absolute atomic E-state index is 12.2. The Hall–Kier alpha value is -2.41. The van der Waals surface area contributed by atoms with Gasteiger partial charge in [-0.3, -0.25) is 14.8 Å². The van der Waals surface area contributed by atoms with Crippen molar-refractivity contribution in [2.45, 2.75) is 12.0 Å². The Kier molecular flexibility index (Phi) is 5.23. The van der Waals surface area contributed by atoms with E-state index in [-0.39, 0.29) is 26.9 Å². The van der Waals surface area contributed by atoms with Crippen molar-refractivity contribution in [1.82, 2.24) is 5.06 Å². The fourth-order valence-electron chi connectivity index (χ4n) is 2.49. The lowest BCUT2D eigenvalue weighted by molar-refractivity contribution is -0.166. The first-order valence-electron chi connectivity index (χ1n) is 7.09. The number of ketones is 1. The van der Waals surface area contributed by atoms with E-state index >= 15 is 0 Å². The summed E-state index contributed by atoms with van der Waals surface area (Å²) in [6.45, 7) is 0. The van der Waals surface area contributed by atoms with Crippen LogP contribution in [-0.4, -0.2) is 34.1 Å². The summed E-state index contributed by atoms with van der Waals surface area (Å²) in [5.41, 5.74) is 4.78. The molecule has 2 aromatic carbocycles. The molecule has 0 heterocycles. The second-order valence-electron chi connectivity index (χ2n) is 5.36. The maximum atomic E-state index is 12.2. The predicted molar refractivity (Wildman–Crippen MR) is 89.5 cm³/mol. The number of aliphatic hydroxyl groups is 1. The monoisotopic (exact) mass is 348 g/mol. The molecule has 0 bridgehead atoms. The highest BCUT2D eigenvalue weighted by atomic mass is 35.5. The predicted octanol–water partition coefficient (Wildman–Crippen LogP) is 1.96. The second kappa shape index (κ2) is 7.00. The van der Waals surface area contributed by atoms with Crippen LogP contribution in [0.4, 0.5) is 5.69 Å². The number of amides is 1. The number of nitrogens with two attached hydrogens (primary N) is 1. The number of carbonyl (C=O) groups is 2. The minimum Gasteiger partial charge on any atom is -0.398 e.